The van der Waals surface area contributed by atoms with E-state index < -0.39 is 19.2 Å². The third kappa shape index (κ3) is 2.45. The molecule has 4 heteroatoms. The molecule has 0 aromatic heterocycles. The summed E-state index contributed by atoms with van der Waals surface area (Å²) in [5.74, 6) is -3.53. The van der Waals surface area contributed by atoms with Crippen LogP contribution in [-0.2, 0) is 0 Å². The van der Waals surface area contributed by atoms with Crippen molar-refractivity contribution in [1.82, 2.24) is 0 Å². The summed E-state index contributed by atoms with van der Waals surface area (Å²) in [5.41, 5.74) is 0. The largest absolute Gasteiger partial charge is 0.390 e. The fourth-order valence-electron chi connectivity index (χ4n) is 0.0423. The predicted molar refractivity (Wildman–Crippen MR) is 18.0 cm³/mol. The van der Waals surface area contributed by atoms with Crippen molar-refractivity contribution in [3.05, 3.63) is 0 Å². The van der Waals surface area contributed by atoms with Crippen molar-refractivity contribution in [2.45, 2.75) is 5.92 Å². The van der Waals surface area contributed by atoms with E-state index in [4.69, 9.17) is 5.11 Å². The van der Waals surface area contributed by atoms with Crippen molar-refractivity contribution in [3.63, 3.8) is 0 Å². The van der Waals surface area contributed by atoms with E-state index in [1.807, 2.05) is 0 Å². The molecule has 0 aromatic rings. The molecule has 0 radical (unpaired) electrons. The lowest BCUT2D eigenvalue weighted by molar-refractivity contribution is -0.0663. The highest BCUT2D eigenvalue weighted by atomic mass is 19.3. The monoisotopic (exact) mass is 114 g/mol. The summed E-state index contributed by atoms with van der Waals surface area (Å²) in [5, 5.41) is 7.60. The van der Waals surface area contributed by atoms with Crippen molar-refractivity contribution in [3.8, 4) is 0 Å². The molecule has 7 heavy (non-hydrogen) atoms. The Hall–Kier alpha value is -0.250. The Bertz CT molecular complexity index is 48.1. The smallest absolute Gasteiger partial charge is 0.298 e. The van der Waals surface area contributed by atoms with Crippen LogP contribution in [0.4, 0.5) is 13.2 Å². The van der Waals surface area contributed by atoms with Gasteiger partial charge >= 0.3 is 0 Å². The molecule has 0 bridgehead atoms. The van der Waals surface area contributed by atoms with Gasteiger partial charge < -0.3 is 5.11 Å². The average molecular weight is 114 g/mol. The lowest BCUT2D eigenvalue weighted by Gasteiger charge is -2.04. The summed E-state index contributed by atoms with van der Waals surface area (Å²) in [4.78, 5) is 0. The van der Waals surface area contributed by atoms with Crippen LogP contribution in [0.3, 0.4) is 0 Å². The van der Waals surface area contributed by atoms with Gasteiger partial charge in [-0.05, 0) is 0 Å². The fourth-order valence-corrected chi connectivity index (χ4v) is 0.0423. The summed E-state index contributed by atoms with van der Waals surface area (Å²) in [6.07, 6.45) is 0. The fraction of sp³-hybridized carbons (Fsp3) is 1.00. The predicted octanol–water partition coefficient (Wildman–Crippen LogP) is 0.584. The van der Waals surface area contributed by atoms with Crippen LogP contribution in [0.25, 0.3) is 0 Å². The van der Waals surface area contributed by atoms with Gasteiger partial charge in [-0.2, -0.15) is 0 Å². The third-order valence-corrected chi connectivity index (χ3v) is 0.427. The van der Waals surface area contributed by atoms with Crippen LogP contribution in [0, 0.1) is 0 Å². The van der Waals surface area contributed by atoms with Crippen molar-refractivity contribution in [1.29, 1.82) is 0 Å². The van der Waals surface area contributed by atoms with Gasteiger partial charge in [0, 0.05) is 0 Å². The van der Waals surface area contributed by atoms with Crippen LogP contribution in [0.15, 0.2) is 0 Å². The molecule has 0 rings (SSSR count). The van der Waals surface area contributed by atoms with Gasteiger partial charge in [-0.3, -0.25) is 0 Å². The van der Waals surface area contributed by atoms with Gasteiger partial charge in [-0.1, -0.05) is 0 Å². The van der Waals surface area contributed by atoms with Crippen LogP contribution in [0.1, 0.15) is 0 Å². The molecule has 0 aliphatic carbocycles. The molecule has 0 spiro atoms. The van der Waals surface area contributed by atoms with E-state index in [0.29, 0.717) is 0 Å². The molecule has 0 unspecified atom stereocenters. The molecule has 0 amide bonds. The maximum atomic E-state index is 11.3. The van der Waals surface area contributed by atoms with Crippen LogP contribution >= 0.6 is 0 Å². The summed E-state index contributed by atoms with van der Waals surface area (Å²) >= 11 is 0. The Morgan fingerprint density at radius 3 is 1.86 bits per heavy atom. The molecule has 0 heterocycles. The molecule has 0 aliphatic rings. The van der Waals surface area contributed by atoms with Gasteiger partial charge in [-0.25, -0.2) is 13.2 Å². The lowest BCUT2D eigenvalue weighted by atomic mass is 10.4. The molecule has 44 valence electrons. The van der Waals surface area contributed by atoms with Crippen molar-refractivity contribution >= 4 is 0 Å². The van der Waals surface area contributed by atoms with Crippen molar-refractivity contribution in [2.75, 3.05) is 13.3 Å². The maximum Gasteiger partial charge on any atom is 0.298 e. The molecule has 0 saturated carbocycles. The number of aliphatic hydroxyl groups excluding tert-OH is 1. The van der Waals surface area contributed by atoms with Crippen LogP contribution in [0.5, 0.6) is 0 Å². The Morgan fingerprint density at radius 2 is 1.86 bits per heavy atom. The second-order valence-electron chi connectivity index (χ2n) is 1.15. The first-order valence-electron chi connectivity index (χ1n) is 1.67. The third-order valence-electron chi connectivity index (χ3n) is 0.427. The first-order valence-corrected chi connectivity index (χ1v) is 1.67. The zero-order chi connectivity index (χ0) is 5.91. The number of hydrogen-bond donors (Lipinski definition) is 1. The topological polar surface area (TPSA) is 20.2 Å². The Morgan fingerprint density at radius 1 is 1.43 bits per heavy atom. The lowest BCUT2D eigenvalue weighted by Crippen LogP contribution is -2.23. The summed E-state index contributed by atoms with van der Waals surface area (Å²) in [7, 11) is 0. The van der Waals surface area contributed by atoms with Crippen LogP contribution in [-0.4, -0.2) is 24.3 Å². The summed E-state index contributed by atoms with van der Waals surface area (Å²) in [6, 6.07) is 0. The van der Waals surface area contributed by atoms with Crippen molar-refractivity contribution < 1.29 is 18.3 Å². The van der Waals surface area contributed by atoms with E-state index in [1.165, 1.54) is 0 Å². The summed E-state index contributed by atoms with van der Waals surface area (Å²) < 4.78 is 33.4. The molecule has 1 nitrogen and oxygen atoms in total. The van der Waals surface area contributed by atoms with Crippen LogP contribution in [0.2, 0.25) is 0 Å². The molecule has 0 saturated heterocycles. The van der Waals surface area contributed by atoms with Crippen molar-refractivity contribution in [2.24, 2.45) is 0 Å². The number of alkyl halides is 3. The van der Waals surface area contributed by atoms with E-state index in [9.17, 15) is 13.2 Å². The van der Waals surface area contributed by atoms with Gasteiger partial charge in [-0.15, -0.1) is 0 Å². The Balaban J connectivity index is 3.36. The van der Waals surface area contributed by atoms with E-state index in [2.05, 4.69) is 0 Å². The Kier molecular flexibility index (Phi) is 2.08. The minimum absolute atomic E-state index is 1.41. The first kappa shape index (κ1) is 6.75. The van der Waals surface area contributed by atoms with E-state index >= 15 is 0 Å². The SMILES string of the molecule is OCC(F)(F)CF. The summed E-state index contributed by atoms with van der Waals surface area (Å²) in [6.45, 7) is -3.20. The molecule has 0 aliphatic heterocycles. The first-order chi connectivity index (χ1) is 3.12. The number of aliphatic hydroxyl groups is 1. The molecule has 0 atom stereocenters. The zero-order valence-electron chi connectivity index (χ0n) is 3.50. The molecule has 1 N–H and O–H groups in total. The minimum atomic E-state index is -3.53. The second kappa shape index (κ2) is 2.16. The highest BCUT2D eigenvalue weighted by molar-refractivity contribution is 4.59. The number of hydrogen-bond acceptors (Lipinski definition) is 1. The maximum absolute atomic E-state index is 11.3. The van der Waals surface area contributed by atoms with Gasteiger partial charge in [0.25, 0.3) is 5.92 Å². The van der Waals surface area contributed by atoms with E-state index in [1.54, 1.807) is 0 Å². The van der Waals surface area contributed by atoms with Gasteiger partial charge in [0.1, 0.15) is 6.61 Å². The van der Waals surface area contributed by atoms with Crippen LogP contribution < -0.4 is 0 Å². The highest BCUT2D eigenvalue weighted by Crippen LogP contribution is 2.10. The average Bonchev–Trinajstić information content (AvgIpc) is 1.68. The zero-order valence-corrected chi connectivity index (χ0v) is 3.50. The Labute approximate surface area is 38.8 Å². The van der Waals surface area contributed by atoms with Gasteiger partial charge in [0.15, 0.2) is 6.67 Å². The quantitative estimate of drug-likeness (QED) is 0.556. The minimum Gasteiger partial charge on any atom is -0.390 e. The molecular weight excluding hydrogens is 109 g/mol. The molecular formula is C3H5F3O. The van der Waals surface area contributed by atoms with E-state index in [0.717, 1.165) is 0 Å². The highest BCUT2D eigenvalue weighted by Gasteiger charge is 2.26. The normalized spacial score (nSPS) is 12.0. The molecule has 0 fully saturated rings. The number of halogens is 3. The standard InChI is InChI=1S/C3H5F3O/c4-1-3(5,6)2-7/h7H,1-2H2. The van der Waals surface area contributed by atoms with Gasteiger partial charge in [0.2, 0.25) is 0 Å². The van der Waals surface area contributed by atoms with E-state index in [-0.39, 0.29) is 0 Å². The van der Waals surface area contributed by atoms with Gasteiger partial charge in [0.05, 0.1) is 0 Å². The molecule has 0 aromatic carbocycles. The second-order valence-corrected chi connectivity index (χ2v) is 1.15. The number of rotatable bonds is 2.